The van der Waals surface area contributed by atoms with Gasteiger partial charge >= 0.3 is 0 Å². The second-order valence-corrected chi connectivity index (χ2v) is 6.36. The highest BCUT2D eigenvalue weighted by atomic mass is 35.5. The van der Waals surface area contributed by atoms with Gasteiger partial charge in [0.2, 0.25) is 0 Å². The molecule has 0 spiro atoms. The topological polar surface area (TPSA) is 47.6 Å². The molecule has 4 nitrogen and oxygen atoms in total. The number of amides is 1. The molecule has 0 aliphatic rings. The van der Waals surface area contributed by atoms with E-state index in [2.05, 4.69) is 19.2 Å². The lowest BCUT2D eigenvalue weighted by Crippen LogP contribution is -2.15. The van der Waals surface area contributed by atoms with Crippen LogP contribution >= 0.6 is 11.6 Å². The Morgan fingerprint density at radius 2 is 1.77 bits per heavy atom. The van der Waals surface area contributed by atoms with Gasteiger partial charge in [0, 0.05) is 11.3 Å². The molecule has 0 aromatic heterocycles. The number of methoxy groups -OCH3 is 1. The summed E-state index contributed by atoms with van der Waals surface area (Å²) < 4.78 is 11.0. The number of carbonyl (C=O) groups excluding carboxylic acids is 1. The second-order valence-electron chi connectivity index (χ2n) is 5.95. The first kappa shape index (κ1) is 20.1. The van der Waals surface area contributed by atoms with E-state index in [4.69, 9.17) is 21.1 Å². The van der Waals surface area contributed by atoms with Crippen molar-refractivity contribution in [2.75, 3.05) is 19.0 Å². The van der Waals surface area contributed by atoms with Crippen molar-refractivity contribution in [1.82, 2.24) is 0 Å². The van der Waals surface area contributed by atoms with Crippen molar-refractivity contribution in [3.8, 4) is 11.5 Å². The molecule has 0 saturated carbocycles. The monoisotopic (exact) mass is 375 g/mol. The first-order valence-electron chi connectivity index (χ1n) is 8.98. The van der Waals surface area contributed by atoms with E-state index in [-0.39, 0.29) is 5.91 Å². The van der Waals surface area contributed by atoms with Crippen LogP contribution < -0.4 is 14.8 Å². The molecule has 0 saturated heterocycles. The number of benzene rings is 2. The third-order valence-corrected chi connectivity index (χ3v) is 4.46. The van der Waals surface area contributed by atoms with Crippen molar-refractivity contribution in [1.29, 1.82) is 0 Å². The van der Waals surface area contributed by atoms with Crippen molar-refractivity contribution in [3.63, 3.8) is 0 Å². The van der Waals surface area contributed by atoms with Crippen LogP contribution in [0.4, 0.5) is 5.69 Å². The van der Waals surface area contributed by atoms with Gasteiger partial charge in [-0.25, -0.2) is 0 Å². The molecule has 2 rings (SSSR count). The zero-order valence-electron chi connectivity index (χ0n) is 15.8. The summed E-state index contributed by atoms with van der Waals surface area (Å²) in [6, 6.07) is 9.36. The Bertz CT molecular complexity index is 752. The van der Waals surface area contributed by atoms with Crippen LogP contribution in [-0.2, 0) is 12.8 Å². The van der Waals surface area contributed by atoms with E-state index < -0.39 is 0 Å². The van der Waals surface area contributed by atoms with Crippen LogP contribution in [0.25, 0.3) is 0 Å². The normalized spacial score (nSPS) is 10.5. The highest BCUT2D eigenvalue weighted by molar-refractivity contribution is 6.32. The number of hydrogen-bond donors (Lipinski definition) is 1. The molecule has 140 valence electrons. The minimum atomic E-state index is -0.220. The lowest BCUT2D eigenvalue weighted by Gasteiger charge is -2.16. The number of halogens is 1. The van der Waals surface area contributed by atoms with Crippen LogP contribution in [-0.4, -0.2) is 19.6 Å². The smallest absolute Gasteiger partial charge is 0.255 e. The molecular formula is C21H26ClNO3. The van der Waals surface area contributed by atoms with E-state index in [1.165, 1.54) is 7.11 Å². The molecule has 0 unspecified atom stereocenters. The Hall–Kier alpha value is -2.20. The summed E-state index contributed by atoms with van der Waals surface area (Å²) >= 11 is 6.33. The third-order valence-electron chi connectivity index (χ3n) is 4.18. The molecule has 5 heteroatoms. The number of anilines is 1. The van der Waals surface area contributed by atoms with Gasteiger partial charge in [-0.05, 0) is 42.5 Å². The van der Waals surface area contributed by atoms with Crippen molar-refractivity contribution in [3.05, 3.63) is 52.0 Å². The Morgan fingerprint density at radius 3 is 2.31 bits per heavy atom. The minimum Gasteiger partial charge on any atom is -0.493 e. The predicted molar refractivity (Wildman–Crippen MR) is 107 cm³/mol. The Balaban J connectivity index is 2.35. The Kier molecular flexibility index (Phi) is 7.34. The van der Waals surface area contributed by atoms with E-state index in [9.17, 15) is 4.79 Å². The molecule has 0 bridgehead atoms. The molecular weight excluding hydrogens is 350 g/mol. The molecule has 0 radical (unpaired) electrons. The van der Waals surface area contributed by atoms with E-state index in [0.717, 1.165) is 36.1 Å². The summed E-state index contributed by atoms with van der Waals surface area (Å²) in [5.41, 5.74) is 3.53. The number of nitrogens with one attached hydrogen (secondary N) is 1. The second kappa shape index (κ2) is 9.48. The van der Waals surface area contributed by atoms with E-state index in [1.807, 2.05) is 25.1 Å². The molecule has 26 heavy (non-hydrogen) atoms. The highest BCUT2D eigenvalue weighted by Gasteiger charge is 2.17. The van der Waals surface area contributed by atoms with Crippen molar-refractivity contribution in [2.24, 2.45) is 0 Å². The third kappa shape index (κ3) is 4.50. The fourth-order valence-electron chi connectivity index (χ4n) is 2.78. The molecule has 0 heterocycles. The largest absolute Gasteiger partial charge is 0.493 e. The molecule has 2 aromatic rings. The van der Waals surface area contributed by atoms with E-state index in [0.29, 0.717) is 28.7 Å². The standard InChI is InChI=1S/C21H26ClNO3/c1-5-11-26-20-17(22)12-16(13-18(20)25-4)21(24)23-19-14(6-2)9-8-10-15(19)7-3/h8-10,12-13H,5-7,11H2,1-4H3,(H,23,24). The molecule has 1 N–H and O–H groups in total. The lowest BCUT2D eigenvalue weighted by atomic mass is 10.0. The van der Waals surface area contributed by atoms with E-state index in [1.54, 1.807) is 12.1 Å². The summed E-state index contributed by atoms with van der Waals surface area (Å²) in [6.07, 6.45) is 2.55. The van der Waals surface area contributed by atoms with Crippen molar-refractivity contribution < 1.29 is 14.3 Å². The summed E-state index contributed by atoms with van der Waals surface area (Å²) in [5, 5.41) is 3.41. The quantitative estimate of drug-likeness (QED) is 0.661. The van der Waals surface area contributed by atoms with Gasteiger partial charge in [0.1, 0.15) is 0 Å². The summed E-state index contributed by atoms with van der Waals surface area (Å²) in [4.78, 5) is 12.8. The molecule has 0 fully saturated rings. The zero-order chi connectivity index (χ0) is 19.1. The van der Waals surface area contributed by atoms with Gasteiger partial charge in [-0.3, -0.25) is 4.79 Å². The van der Waals surface area contributed by atoms with Gasteiger partial charge in [0.15, 0.2) is 11.5 Å². The van der Waals surface area contributed by atoms with Gasteiger partial charge in [-0.15, -0.1) is 0 Å². The van der Waals surface area contributed by atoms with Gasteiger partial charge < -0.3 is 14.8 Å². The van der Waals surface area contributed by atoms with Crippen LogP contribution in [0.1, 0.15) is 48.7 Å². The maximum Gasteiger partial charge on any atom is 0.255 e. The number of para-hydroxylation sites is 1. The highest BCUT2D eigenvalue weighted by Crippen LogP contribution is 2.37. The summed E-state index contributed by atoms with van der Waals surface area (Å²) in [6.45, 7) is 6.69. The van der Waals surface area contributed by atoms with Crippen LogP contribution in [0.5, 0.6) is 11.5 Å². The summed E-state index contributed by atoms with van der Waals surface area (Å²) in [7, 11) is 1.54. The number of carbonyl (C=O) groups is 1. The Labute approximate surface area is 160 Å². The molecule has 0 atom stereocenters. The van der Waals surface area contributed by atoms with Gasteiger partial charge in [-0.1, -0.05) is 50.6 Å². The first-order chi connectivity index (χ1) is 12.5. The first-order valence-corrected chi connectivity index (χ1v) is 9.35. The van der Waals surface area contributed by atoms with Crippen molar-refractivity contribution >= 4 is 23.2 Å². The average Bonchev–Trinajstić information content (AvgIpc) is 2.66. The zero-order valence-corrected chi connectivity index (χ0v) is 16.6. The van der Waals surface area contributed by atoms with Crippen LogP contribution in [0.3, 0.4) is 0 Å². The van der Waals surface area contributed by atoms with Gasteiger partial charge in [0.05, 0.1) is 18.7 Å². The number of ether oxygens (including phenoxy) is 2. The Morgan fingerprint density at radius 1 is 1.12 bits per heavy atom. The average molecular weight is 376 g/mol. The van der Waals surface area contributed by atoms with Crippen LogP contribution in [0.15, 0.2) is 30.3 Å². The fraction of sp³-hybridized carbons (Fsp3) is 0.381. The maximum absolute atomic E-state index is 12.8. The number of aryl methyl sites for hydroxylation is 2. The van der Waals surface area contributed by atoms with E-state index >= 15 is 0 Å². The predicted octanol–water partition coefficient (Wildman–Crippen LogP) is 5.51. The van der Waals surface area contributed by atoms with Gasteiger partial charge in [-0.2, -0.15) is 0 Å². The molecule has 2 aromatic carbocycles. The van der Waals surface area contributed by atoms with Crippen LogP contribution in [0.2, 0.25) is 5.02 Å². The summed E-state index contributed by atoms with van der Waals surface area (Å²) in [5.74, 6) is 0.703. The minimum absolute atomic E-state index is 0.220. The fourth-order valence-corrected chi connectivity index (χ4v) is 3.05. The van der Waals surface area contributed by atoms with Gasteiger partial charge in [0.25, 0.3) is 5.91 Å². The molecule has 0 aliphatic heterocycles. The number of hydrogen-bond acceptors (Lipinski definition) is 3. The SMILES string of the molecule is CCCOc1c(Cl)cc(C(=O)Nc2c(CC)cccc2CC)cc1OC. The lowest BCUT2D eigenvalue weighted by molar-refractivity contribution is 0.102. The number of rotatable bonds is 8. The van der Waals surface area contributed by atoms with Crippen LogP contribution in [0, 0.1) is 0 Å². The maximum atomic E-state index is 12.8. The molecule has 0 aliphatic carbocycles. The van der Waals surface area contributed by atoms with Crippen molar-refractivity contribution in [2.45, 2.75) is 40.0 Å². The molecule has 1 amide bonds.